The van der Waals surface area contributed by atoms with Crippen LogP contribution in [-0.4, -0.2) is 29.3 Å². The lowest BCUT2D eigenvalue weighted by Crippen LogP contribution is -2.52. The Kier molecular flexibility index (Phi) is 4.33. The molecule has 0 radical (unpaired) electrons. The number of nitriles is 1. The first-order valence-corrected chi connectivity index (χ1v) is 6.37. The lowest BCUT2D eigenvalue weighted by molar-refractivity contribution is -0.144. The molecule has 0 spiro atoms. The van der Waals surface area contributed by atoms with Crippen LogP contribution >= 0.6 is 0 Å². The van der Waals surface area contributed by atoms with E-state index in [-0.39, 0.29) is 23.8 Å². The summed E-state index contributed by atoms with van der Waals surface area (Å²) in [6.45, 7) is 5.76. The third-order valence-electron chi connectivity index (χ3n) is 3.97. The summed E-state index contributed by atoms with van der Waals surface area (Å²) in [5.74, 6) is -0.842. The molecule has 0 aromatic heterocycles. The molecule has 100 valence electrons. The fraction of sp³-hybridized carbons (Fsp3) is 0.769. The molecule has 5 heteroatoms. The van der Waals surface area contributed by atoms with Crippen molar-refractivity contribution in [2.45, 2.75) is 46.1 Å². The second-order valence-corrected chi connectivity index (χ2v) is 5.28. The molecule has 2 N–H and O–H groups in total. The first-order chi connectivity index (χ1) is 8.35. The fourth-order valence-corrected chi connectivity index (χ4v) is 2.22. The van der Waals surface area contributed by atoms with Crippen LogP contribution in [0.1, 0.15) is 40.0 Å². The van der Waals surface area contributed by atoms with Gasteiger partial charge in [0.15, 0.2) is 0 Å². The van der Waals surface area contributed by atoms with Crippen LogP contribution in [0.3, 0.4) is 0 Å². The molecular weight excluding hydrogens is 230 g/mol. The van der Waals surface area contributed by atoms with Crippen LogP contribution in [-0.2, 0) is 9.59 Å². The van der Waals surface area contributed by atoms with E-state index >= 15 is 0 Å². The van der Waals surface area contributed by atoms with Gasteiger partial charge in [-0.25, -0.2) is 0 Å². The number of primary amides is 1. The highest BCUT2D eigenvalue weighted by Crippen LogP contribution is 2.29. The number of hydrogen-bond donors (Lipinski definition) is 1. The molecule has 1 saturated heterocycles. The van der Waals surface area contributed by atoms with E-state index in [0.717, 1.165) is 12.8 Å². The van der Waals surface area contributed by atoms with Gasteiger partial charge in [0, 0.05) is 12.6 Å². The summed E-state index contributed by atoms with van der Waals surface area (Å²) in [6.07, 6.45) is 1.94. The number of nitrogens with two attached hydrogens (primary N) is 1. The van der Waals surface area contributed by atoms with Gasteiger partial charge in [-0.3, -0.25) is 9.59 Å². The van der Waals surface area contributed by atoms with Gasteiger partial charge < -0.3 is 10.6 Å². The monoisotopic (exact) mass is 251 g/mol. The van der Waals surface area contributed by atoms with Gasteiger partial charge in [-0.1, -0.05) is 6.92 Å². The highest BCUT2D eigenvalue weighted by Gasteiger charge is 2.40. The first kappa shape index (κ1) is 14.5. The van der Waals surface area contributed by atoms with Crippen LogP contribution < -0.4 is 5.73 Å². The molecule has 1 aliphatic heterocycles. The van der Waals surface area contributed by atoms with Crippen molar-refractivity contribution in [3.63, 3.8) is 0 Å². The van der Waals surface area contributed by atoms with Crippen molar-refractivity contribution < 1.29 is 9.59 Å². The summed E-state index contributed by atoms with van der Waals surface area (Å²) in [5, 5.41) is 9.16. The van der Waals surface area contributed by atoms with Crippen molar-refractivity contribution in [2.24, 2.45) is 17.1 Å². The van der Waals surface area contributed by atoms with Gasteiger partial charge in [-0.2, -0.15) is 5.26 Å². The molecule has 3 unspecified atom stereocenters. The van der Waals surface area contributed by atoms with Crippen molar-refractivity contribution in [2.75, 3.05) is 6.54 Å². The Morgan fingerprint density at radius 2 is 2.11 bits per heavy atom. The van der Waals surface area contributed by atoms with Crippen LogP contribution in [0.2, 0.25) is 0 Å². The lowest BCUT2D eigenvalue weighted by Gasteiger charge is -2.40. The molecule has 2 amide bonds. The topological polar surface area (TPSA) is 87.2 Å². The number of hydrogen-bond acceptors (Lipinski definition) is 3. The molecule has 5 nitrogen and oxygen atoms in total. The van der Waals surface area contributed by atoms with E-state index in [0.29, 0.717) is 13.0 Å². The molecule has 18 heavy (non-hydrogen) atoms. The average molecular weight is 251 g/mol. The Bertz CT molecular complexity index is 388. The normalized spacial score (nSPS) is 27.1. The maximum Gasteiger partial charge on any atom is 0.243 e. The highest BCUT2D eigenvalue weighted by molar-refractivity contribution is 5.86. The molecule has 0 saturated carbocycles. The Morgan fingerprint density at radius 3 is 2.56 bits per heavy atom. The summed E-state index contributed by atoms with van der Waals surface area (Å²) >= 11 is 0. The van der Waals surface area contributed by atoms with Gasteiger partial charge in [0.05, 0.1) is 12.0 Å². The Morgan fingerprint density at radius 1 is 1.50 bits per heavy atom. The number of nitrogens with zero attached hydrogens (tertiary/aromatic N) is 2. The predicted octanol–water partition coefficient (Wildman–Crippen LogP) is 1.04. The standard InChI is InChI=1S/C13H21N3O2/c1-4-13(3,8-14)12(18)16-7-10(11(15)17)6-5-9(16)2/h9-10H,4-7H2,1-3H3,(H2,15,17). The van der Waals surface area contributed by atoms with E-state index in [1.807, 2.05) is 13.8 Å². The summed E-state index contributed by atoms with van der Waals surface area (Å²) in [6, 6.07) is 2.14. The molecule has 1 fully saturated rings. The molecule has 3 atom stereocenters. The smallest absolute Gasteiger partial charge is 0.243 e. The maximum atomic E-state index is 12.4. The molecular formula is C13H21N3O2. The zero-order chi connectivity index (χ0) is 13.9. The molecule has 1 rings (SSSR count). The van der Waals surface area contributed by atoms with E-state index < -0.39 is 5.41 Å². The lowest BCUT2D eigenvalue weighted by atomic mass is 9.84. The van der Waals surface area contributed by atoms with E-state index in [1.54, 1.807) is 11.8 Å². The first-order valence-electron chi connectivity index (χ1n) is 6.37. The molecule has 1 aliphatic rings. The van der Waals surface area contributed by atoms with Gasteiger partial charge in [-0.05, 0) is 33.1 Å². The van der Waals surface area contributed by atoms with Crippen LogP contribution in [0.25, 0.3) is 0 Å². The minimum absolute atomic E-state index is 0.0623. The molecule has 0 aromatic carbocycles. The third kappa shape index (κ3) is 2.63. The van der Waals surface area contributed by atoms with E-state index in [2.05, 4.69) is 6.07 Å². The van der Waals surface area contributed by atoms with Gasteiger partial charge in [-0.15, -0.1) is 0 Å². The second kappa shape index (κ2) is 5.38. The van der Waals surface area contributed by atoms with Gasteiger partial charge in [0.25, 0.3) is 0 Å². The summed E-state index contributed by atoms with van der Waals surface area (Å²) in [7, 11) is 0. The van der Waals surface area contributed by atoms with Crippen molar-refractivity contribution in [3.8, 4) is 6.07 Å². The van der Waals surface area contributed by atoms with Gasteiger partial charge in [0.2, 0.25) is 11.8 Å². The van der Waals surface area contributed by atoms with E-state index in [4.69, 9.17) is 11.0 Å². The highest BCUT2D eigenvalue weighted by atomic mass is 16.2. The zero-order valence-electron chi connectivity index (χ0n) is 11.3. The van der Waals surface area contributed by atoms with Crippen LogP contribution in [0.5, 0.6) is 0 Å². The average Bonchev–Trinajstić information content (AvgIpc) is 2.37. The van der Waals surface area contributed by atoms with Crippen molar-refractivity contribution in [1.29, 1.82) is 5.26 Å². The Labute approximate surface area is 108 Å². The summed E-state index contributed by atoms with van der Waals surface area (Å²) < 4.78 is 0. The number of rotatable bonds is 3. The van der Waals surface area contributed by atoms with Crippen molar-refractivity contribution >= 4 is 11.8 Å². The molecule has 0 bridgehead atoms. The molecule has 0 aromatic rings. The fourth-order valence-electron chi connectivity index (χ4n) is 2.22. The second-order valence-electron chi connectivity index (χ2n) is 5.28. The quantitative estimate of drug-likeness (QED) is 0.813. The number of carbonyl (C=O) groups is 2. The summed E-state index contributed by atoms with van der Waals surface area (Å²) in [4.78, 5) is 25.3. The van der Waals surface area contributed by atoms with E-state index in [1.165, 1.54) is 0 Å². The Balaban J connectivity index is 2.90. The van der Waals surface area contributed by atoms with E-state index in [9.17, 15) is 9.59 Å². The molecule has 1 heterocycles. The zero-order valence-corrected chi connectivity index (χ0v) is 11.3. The van der Waals surface area contributed by atoms with Crippen LogP contribution in [0, 0.1) is 22.7 Å². The van der Waals surface area contributed by atoms with Gasteiger partial charge in [0.1, 0.15) is 5.41 Å². The number of amides is 2. The maximum absolute atomic E-state index is 12.4. The van der Waals surface area contributed by atoms with Crippen molar-refractivity contribution in [3.05, 3.63) is 0 Å². The largest absolute Gasteiger partial charge is 0.369 e. The summed E-state index contributed by atoms with van der Waals surface area (Å²) in [5.41, 5.74) is 4.30. The number of piperidine rings is 1. The van der Waals surface area contributed by atoms with Crippen LogP contribution in [0.15, 0.2) is 0 Å². The van der Waals surface area contributed by atoms with Crippen LogP contribution in [0.4, 0.5) is 0 Å². The number of carbonyl (C=O) groups excluding carboxylic acids is 2. The minimum Gasteiger partial charge on any atom is -0.369 e. The predicted molar refractivity (Wildman–Crippen MR) is 67.1 cm³/mol. The number of likely N-dealkylation sites (tertiary alicyclic amines) is 1. The Hall–Kier alpha value is -1.57. The minimum atomic E-state index is -1.01. The van der Waals surface area contributed by atoms with Gasteiger partial charge >= 0.3 is 0 Å². The SMILES string of the molecule is CCC(C)(C#N)C(=O)N1CC(C(N)=O)CCC1C. The van der Waals surface area contributed by atoms with Crippen molar-refractivity contribution in [1.82, 2.24) is 4.90 Å². The third-order valence-corrected chi connectivity index (χ3v) is 3.97. The molecule has 0 aliphatic carbocycles.